The van der Waals surface area contributed by atoms with Crippen LogP contribution in [0.4, 0.5) is 8.78 Å². The Hall–Kier alpha value is -1.69. The first-order valence-electron chi connectivity index (χ1n) is 8.39. The van der Waals surface area contributed by atoms with E-state index in [4.69, 9.17) is 14.2 Å². The van der Waals surface area contributed by atoms with Crippen LogP contribution in [0.15, 0.2) is 30.3 Å². The van der Waals surface area contributed by atoms with Gasteiger partial charge in [0.15, 0.2) is 0 Å². The number of benzene rings is 1. The molecule has 4 fully saturated rings. The quantitative estimate of drug-likeness (QED) is 0.540. The third-order valence-corrected chi connectivity index (χ3v) is 5.73. The molecule has 2 unspecified atom stereocenters. The summed E-state index contributed by atoms with van der Waals surface area (Å²) in [7, 11) is 0. The van der Waals surface area contributed by atoms with E-state index in [-0.39, 0.29) is 25.0 Å². The Labute approximate surface area is 139 Å². The second-order valence-electron chi connectivity index (χ2n) is 6.78. The lowest BCUT2D eigenvalue weighted by molar-refractivity contribution is -0.169. The Morgan fingerprint density at radius 1 is 1.04 bits per heavy atom. The fourth-order valence-electron chi connectivity index (χ4n) is 4.66. The van der Waals surface area contributed by atoms with Gasteiger partial charge in [-0.3, -0.25) is 4.79 Å². The molecule has 0 radical (unpaired) electrons. The minimum absolute atomic E-state index is 0.00606. The topological polar surface area (TPSA) is 44.8 Å². The smallest absolute Gasteiger partial charge is 0.318 e. The second-order valence-corrected chi connectivity index (χ2v) is 6.78. The average Bonchev–Trinajstić information content (AvgIpc) is 2.81. The first kappa shape index (κ1) is 15.8. The van der Waals surface area contributed by atoms with Gasteiger partial charge in [0.25, 0.3) is 5.92 Å². The molecule has 0 saturated heterocycles. The van der Waals surface area contributed by atoms with Gasteiger partial charge in [0.05, 0.1) is 13.2 Å². The van der Waals surface area contributed by atoms with Crippen LogP contribution in [0, 0.1) is 23.2 Å². The SMILES string of the molecule is O=C(OCCOCCOc1ccccc1)C12C3CC(CC31)C2(F)F. The molecule has 130 valence electrons. The van der Waals surface area contributed by atoms with Gasteiger partial charge in [0.1, 0.15) is 24.4 Å². The fraction of sp³-hybridized carbons (Fsp3) is 0.611. The van der Waals surface area contributed by atoms with Crippen molar-refractivity contribution in [2.45, 2.75) is 18.8 Å². The summed E-state index contributed by atoms with van der Waals surface area (Å²) in [5.41, 5.74) is -1.51. The zero-order valence-corrected chi connectivity index (χ0v) is 13.3. The van der Waals surface area contributed by atoms with E-state index in [1.807, 2.05) is 30.3 Å². The molecule has 4 bridgehead atoms. The lowest BCUT2D eigenvalue weighted by Gasteiger charge is -2.21. The Morgan fingerprint density at radius 3 is 2.33 bits per heavy atom. The van der Waals surface area contributed by atoms with Gasteiger partial charge in [-0.05, 0) is 36.8 Å². The van der Waals surface area contributed by atoms with E-state index >= 15 is 0 Å². The number of halogens is 2. The lowest BCUT2D eigenvalue weighted by Crippen LogP contribution is -2.37. The number of esters is 1. The zero-order chi connectivity index (χ0) is 16.8. The van der Waals surface area contributed by atoms with Gasteiger partial charge in [-0.15, -0.1) is 0 Å². The molecule has 0 amide bonds. The predicted molar refractivity (Wildman–Crippen MR) is 80.8 cm³/mol. The van der Waals surface area contributed by atoms with Gasteiger partial charge in [0.2, 0.25) is 0 Å². The number of hydrogen-bond acceptors (Lipinski definition) is 4. The molecule has 4 aliphatic carbocycles. The number of carbonyl (C=O) groups is 1. The molecule has 0 aromatic heterocycles. The summed E-state index contributed by atoms with van der Waals surface area (Å²) < 4.78 is 44.3. The summed E-state index contributed by atoms with van der Waals surface area (Å²) in [5.74, 6) is -3.80. The second kappa shape index (κ2) is 5.69. The summed E-state index contributed by atoms with van der Waals surface area (Å²) in [5, 5.41) is 0. The van der Waals surface area contributed by atoms with Crippen LogP contribution in [0.3, 0.4) is 0 Å². The predicted octanol–water partition coefficient (Wildman–Crippen LogP) is 2.92. The molecule has 0 aliphatic heterocycles. The van der Waals surface area contributed by atoms with E-state index < -0.39 is 23.2 Å². The van der Waals surface area contributed by atoms with Crippen molar-refractivity contribution in [3.63, 3.8) is 0 Å². The summed E-state index contributed by atoms with van der Waals surface area (Å²) in [4.78, 5) is 12.2. The highest BCUT2D eigenvalue weighted by Crippen LogP contribution is 2.84. The van der Waals surface area contributed by atoms with Crippen molar-refractivity contribution in [3.8, 4) is 5.75 Å². The van der Waals surface area contributed by atoms with Crippen LogP contribution in [0.25, 0.3) is 0 Å². The first-order valence-corrected chi connectivity index (χ1v) is 8.39. The maximum absolute atomic E-state index is 14.2. The molecule has 6 heteroatoms. The van der Waals surface area contributed by atoms with Crippen LogP contribution >= 0.6 is 0 Å². The summed E-state index contributed by atoms with van der Waals surface area (Å²) in [6.45, 7) is 0.920. The van der Waals surface area contributed by atoms with E-state index in [1.54, 1.807) is 0 Å². The van der Waals surface area contributed by atoms with Gasteiger partial charge in [0, 0.05) is 5.92 Å². The molecular formula is C18H20F2O4. The van der Waals surface area contributed by atoms with Gasteiger partial charge in [-0.2, -0.15) is 0 Å². The highest BCUT2D eigenvalue weighted by Gasteiger charge is 2.92. The zero-order valence-electron chi connectivity index (χ0n) is 13.3. The van der Waals surface area contributed by atoms with Crippen LogP contribution in [0.1, 0.15) is 12.8 Å². The number of para-hydroxylation sites is 1. The van der Waals surface area contributed by atoms with Crippen molar-refractivity contribution < 1.29 is 27.8 Å². The molecule has 4 aliphatic rings. The molecule has 24 heavy (non-hydrogen) atoms. The van der Waals surface area contributed by atoms with Crippen LogP contribution < -0.4 is 4.74 Å². The number of ether oxygens (including phenoxy) is 3. The van der Waals surface area contributed by atoms with Crippen LogP contribution in [-0.4, -0.2) is 38.3 Å². The van der Waals surface area contributed by atoms with Crippen molar-refractivity contribution in [1.82, 2.24) is 0 Å². The molecule has 1 aromatic carbocycles. The van der Waals surface area contributed by atoms with Gasteiger partial charge < -0.3 is 14.2 Å². The van der Waals surface area contributed by atoms with Crippen molar-refractivity contribution in [2.24, 2.45) is 23.2 Å². The molecular weight excluding hydrogens is 318 g/mol. The van der Waals surface area contributed by atoms with Crippen molar-refractivity contribution >= 4 is 5.97 Å². The third kappa shape index (κ3) is 2.15. The Bertz CT molecular complexity index is 607. The number of alkyl halides is 2. The van der Waals surface area contributed by atoms with Gasteiger partial charge in [-0.25, -0.2) is 8.78 Å². The van der Waals surface area contributed by atoms with Crippen molar-refractivity contribution in [2.75, 3.05) is 26.4 Å². The Morgan fingerprint density at radius 2 is 1.71 bits per heavy atom. The standard InChI is InChI=1S/C18H20F2O4/c19-18(20)12-10-14-15(11-12)17(14,18)16(21)24-9-7-22-6-8-23-13-4-2-1-3-5-13/h1-5,12,14-15H,6-11H2. The molecule has 0 heterocycles. The molecule has 0 spiro atoms. The molecule has 5 rings (SSSR count). The summed E-state index contributed by atoms with van der Waals surface area (Å²) in [6.07, 6.45) is 0.945. The molecule has 2 atom stereocenters. The van der Waals surface area contributed by atoms with Gasteiger partial charge in [-0.1, -0.05) is 18.2 Å². The van der Waals surface area contributed by atoms with Crippen LogP contribution in [-0.2, 0) is 14.3 Å². The molecule has 4 saturated carbocycles. The molecule has 0 N–H and O–H groups in total. The average molecular weight is 338 g/mol. The van der Waals surface area contributed by atoms with E-state index in [9.17, 15) is 13.6 Å². The molecule has 4 nitrogen and oxygen atoms in total. The maximum atomic E-state index is 14.2. The lowest BCUT2D eigenvalue weighted by atomic mass is 9.99. The highest BCUT2D eigenvalue weighted by atomic mass is 19.3. The number of hydrogen-bond donors (Lipinski definition) is 0. The van der Waals surface area contributed by atoms with Crippen molar-refractivity contribution in [1.29, 1.82) is 0 Å². The van der Waals surface area contributed by atoms with Crippen LogP contribution in [0.5, 0.6) is 5.75 Å². The Balaban J connectivity index is 1.14. The minimum Gasteiger partial charge on any atom is -0.491 e. The van der Waals surface area contributed by atoms with E-state index in [0.29, 0.717) is 26.1 Å². The first-order chi connectivity index (χ1) is 11.6. The van der Waals surface area contributed by atoms with E-state index in [0.717, 1.165) is 5.75 Å². The minimum atomic E-state index is -2.89. The fourth-order valence-corrected chi connectivity index (χ4v) is 4.66. The van der Waals surface area contributed by atoms with E-state index in [1.165, 1.54) is 0 Å². The van der Waals surface area contributed by atoms with Gasteiger partial charge >= 0.3 is 5.97 Å². The third-order valence-electron chi connectivity index (χ3n) is 5.73. The largest absolute Gasteiger partial charge is 0.491 e. The Kier molecular flexibility index (Phi) is 3.75. The summed E-state index contributed by atoms with van der Waals surface area (Å²) >= 11 is 0. The normalized spacial score (nSPS) is 34.2. The highest BCUT2D eigenvalue weighted by molar-refractivity contribution is 5.85. The molecule has 1 aromatic rings. The maximum Gasteiger partial charge on any atom is 0.318 e. The monoisotopic (exact) mass is 338 g/mol. The summed E-state index contributed by atoms with van der Waals surface area (Å²) in [6, 6.07) is 9.35. The van der Waals surface area contributed by atoms with E-state index in [2.05, 4.69) is 0 Å². The number of carbonyl (C=O) groups excluding carboxylic acids is 1. The van der Waals surface area contributed by atoms with Crippen LogP contribution in [0.2, 0.25) is 0 Å². The number of rotatable bonds is 8. The van der Waals surface area contributed by atoms with Crippen molar-refractivity contribution in [3.05, 3.63) is 30.3 Å².